The number of carbonyl (C=O) groups excluding carboxylic acids is 2. The third-order valence-corrected chi connectivity index (χ3v) is 4.65. The summed E-state index contributed by atoms with van der Waals surface area (Å²) < 4.78 is 9.33. The van der Waals surface area contributed by atoms with Crippen LogP contribution in [0.3, 0.4) is 0 Å². The molecule has 2 aromatic rings. The lowest BCUT2D eigenvalue weighted by atomic mass is 9.95. The molecule has 0 heterocycles. The highest BCUT2D eigenvalue weighted by atomic mass is 16.5. The van der Waals surface area contributed by atoms with E-state index in [0.717, 1.165) is 11.1 Å². The van der Waals surface area contributed by atoms with Crippen LogP contribution in [0.25, 0.3) is 0 Å². The van der Waals surface area contributed by atoms with Crippen molar-refractivity contribution in [2.75, 3.05) is 14.2 Å². The topological polar surface area (TPSA) is 93.1 Å². The number of hydrogen-bond acceptors (Lipinski definition) is 6. The van der Waals surface area contributed by atoms with Gasteiger partial charge in [-0.25, -0.2) is 0 Å². The van der Waals surface area contributed by atoms with Crippen molar-refractivity contribution in [3.05, 3.63) is 58.1 Å². The summed E-state index contributed by atoms with van der Waals surface area (Å²) in [6.45, 7) is 1.80. The molecule has 150 valence electrons. The number of aromatic hydroxyl groups is 2. The minimum absolute atomic E-state index is 0.124. The van der Waals surface area contributed by atoms with Crippen molar-refractivity contribution in [2.24, 2.45) is 0 Å². The summed E-state index contributed by atoms with van der Waals surface area (Å²) in [5.41, 5.74) is 3.84. The quantitative estimate of drug-likeness (QED) is 0.677. The molecule has 0 aromatic heterocycles. The fraction of sp³-hybridized carbons (Fsp3) is 0.364. The molecule has 0 amide bonds. The van der Waals surface area contributed by atoms with Gasteiger partial charge in [0, 0.05) is 19.3 Å². The molecule has 0 spiro atoms. The highest BCUT2D eigenvalue weighted by Crippen LogP contribution is 2.30. The van der Waals surface area contributed by atoms with Gasteiger partial charge in [0.15, 0.2) is 0 Å². The molecule has 0 radical (unpaired) electrons. The maximum Gasteiger partial charge on any atom is 0.305 e. The minimum atomic E-state index is -0.291. The maximum atomic E-state index is 11.4. The predicted octanol–water partition coefficient (Wildman–Crippen LogP) is 3.21. The van der Waals surface area contributed by atoms with Gasteiger partial charge < -0.3 is 19.7 Å². The molecule has 0 atom stereocenters. The molecule has 6 nitrogen and oxygen atoms in total. The van der Waals surface area contributed by atoms with E-state index in [1.807, 2.05) is 18.2 Å². The molecule has 2 rings (SSSR count). The van der Waals surface area contributed by atoms with Crippen LogP contribution in [0.1, 0.15) is 40.7 Å². The number of phenolic OH excluding ortho intramolecular Hbond substituents is 2. The Bertz CT molecular complexity index is 856. The van der Waals surface area contributed by atoms with Crippen molar-refractivity contribution in [1.82, 2.24) is 0 Å². The van der Waals surface area contributed by atoms with Gasteiger partial charge in [-0.15, -0.1) is 0 Å². The van der Waals surface area contributed by atoms with Crippen molar-refractivity contribution in [3.63, 3.8) is 0 Å². The summed E-state index contributed by atoms with van der Waals surface area (Å²) >= 11 is 0. The SMILES string of the molecule is COC(=O)CCc1ccc(O)c(Cc2cc(CCC(=O)OC)cc(C)c2O)c1. The molecule has 0 aliphatic heterocycles. The van der Waals surface area contributed by atoms with E-state index in [4.69, 9.17) is 0 Å². The molecule has 2 N–H and O–H groups in total. The van der Waals surface area contributed by atoms with Gasteiger partial charge in [-0.2, -0.15) is 0 Å². The molecular formula is C22H26O6. The number of hydrogen-bond donors (Lipinski definition) is 2. The van der Waals surface area contributed by atoms with Gasteiger partial charge in [0.1, 0.15) is 11.5 Å². The van der Waals surface area contributed by atoms with Crippen molar-refractivity contribution >= 4 is 11.9 Å². The van der Waals surface area contributed by atoms with E-state index >= 15 is 0 Å². The monoisotopic (exact) mass is 386 g/mol. The Morgan fingerprint density at radius 3 is 2.04 bits per heavy atom. The van der Waals surface area contributed by atoms with E-state index in [-0.39, 0.29) is 36.3 Å². The summed E-state index contributed by atoms with van der Waals surface area (Å²) in [4.78, 5) is 22.7. The van der Waals surface area contributed by atoms with Crippen molar-refractivity contribution in [2.45, 2.75) is 39.0 Å². The zero-order valence-electron chi connectivity index (χ0n) is 16.4. The first kappa shape index (κ1) is 21.3. The fourth-order valence-corrected chi connectivity index (χ4v) is 3.05. The number of aryl methyl sites for hydroxylation is 3. The Balaban J connectivity index is 2.22. The van der Waals surface area contributed by atoms with E-state index in [1.54, 1.807) is 19.1 Å². The maximum absolute atomic E-state index is 11.4. The van der Waals surface area contributed by atoms with Gasteiger partial charge in [0.2, 0.25) is 0 Å². The molecule has 0 aliphatic carbocycles. The third kappa shape index (κ3) is 5.74. The Morgan fingerprint density at radius 1 is 0.857 bits per heavy atom. The fourth-order valence-electron chi connectivity index (χ4n) is 3.05. The standard InChI is InChI=1S/C22H26O6/c1-14-10-16(6-9-21(25)28-3)12-18(22(14)26)13-17-11-15(4-7-19(17)23)5-8-20(24)27-2/h4,7,10-12,23,26H,5-6,8-9,13H2,1-3H3. The van der Waals surface area contributed by atoms with E-state index in [1.165, 1.54) is 14.2 Å². The molecular weight excluding hydrogens is 360 g/mol. The molecule has 6 heteroatoms. The van der Waals surface area contributed by atoms with Crippen LogP contribution in [-0.4, -0.2) is 36.4 Å². The molecule has 0 aliphatic rings. The third-order valence-electron chi connectivity index (χ3n) is 4.65. The first-order valence-corrected chi connectivity index (χ1v) is 9.09. The van der Waals surface area contributed by atoms with Gasteiger partial charge in [-0.3, -0.25) is 9.59 Å². The van der Waals surface area contributed by atoms with Crippen LogP contribution in [0.2, 0.25) is 0 Å². The normalized spacial score (nSPS) is 10.5. The van der Waals surface area contributed by atoms with Crippen LogP contribution in [0.4, 0.5) is 0 Å². The summed E-state index contributed by atoms with van der Waals surface area (Å²) in [5, 5.41) is 20.7. The largest absolute Gasteiger partial charge is 0.508 e. The first-order chi connectivity index (χ1) is 13.3. The summed E-state index contributed by atoms with van der Waals surface area (Å²) in [6, 6.07) is 8.86. The second-order valence-corrected chi connectivity index (χ2v) is 6.71. The number of esters is 2. The van der Waals surface area contributed by atoms with Crippen molar-refractivity contribution in [1.29, 1.82) is 0 Å². The average molecular weight is 386 g/mol. The van der Waals surface area contributed by atoms with Crippen LogP contribution in [0.15, 0.2) is 30.3 Å². The van der Waals surface area contributed by atoms with Crippen LogP contribution in [0, 0.1) is 6.92 Å². The lowest BCUT2D eigenvalue weighted by Gasteiger charge is -2.13. The van der Waals surface area contributed by atoms with Crippen molar-refractivity contribution in [3.8, 4) is 11.5 Å². The zero-order chi connectivity index (χ0) is 20.7. The van der Waals surface area contributed by atoms with E-state index in [0.29, 0.717) is 36.0 Å². The molecule has 0 fully saturated rings. The number of rotatable bonds is 8. The van der Waals surface area contributed by atoms with Crippen LogP contribution < -0.4 is 0 Å². The summed E-state index contributed by atoms with van der Waals surface area (Å²) in [7, 11) is 2.70. The number of phenols is 2. The minimum Gasteiger partial charge on any atom is -0.508 e. The van der Waals surface area contributed by atoms with E-state index < -0.39 is 0 Å². The number of carbonyl (C=O) groups is 2. The lowest BCUT2D eigenvalue weighted by molar-refractivity contribution is -0.141. The predicted molar refractivity (Wildman–Crippen MR) is 104 cm³/mol. The van der Waals surface area contributed by atoms with Crippen LogP contribution in [0.5, 0.6) is 11.5 Å². The molecule has 0 unspecified atom stereocenters. The number of methoxy groups -OCH3 is 2. The highest BCUT2D eigenvalue weighted by Gasteiger charge is 2.13. The summed E-state index contributed by atoms with van der Waals surface area (Å²) in [6.07, 6.45) is 1.86. The Hall–Kier alpha value is -3.02. The smallest absolute Gasteiger partial charge is 0.305 e. The zero-order valence-corrected chi connectivity index (χ0v) is 16.4. The number of ether oxygens (including phenoxy) is 2. The van der Waals surface area contributed by atoms with Crippen LogP contribution in [-0.2, 0) is 38.3 Å². The highest BCUT2D eigenvalue weighted by molar-refractivity contribution is 5.70. The lowest BCUT2D eigenvalue weighted by Crippen LogP contribution is -2.03. The Kier molecular flexibility index (Phi) is 7.44. The van der Waals surface area contributed by atoms with Gasteiger partial charge in [-0.1, -0.05) is 24.3 Å². The van der Waals surface area contributed by atoms with Gasteiger partial charge in [-0.05, 0) is 53.6 Å². The van der Waals surface area contributed by atoms with E-state index in [2.05, 4.69) is 9.47 Å². The average Bonchev–Trinajstić information content (AvgIpc) is 2.69. The molecule has 0 saturated heterocycles. The summed E-state index contributed by atoms with van der Waals surface area (Å²) in [5.74, 6) is -0.288. The molecule has 28 heavy (non-hydrogen) atoms. The van der Waals surface area contributed by atoms with E-state index in [9.17, 15) is 19.8 Å². The number of benzene rings is 2. The molecule has 0 bridgehead atoms. The Labute approximate surface area is 164 Å². The van der Waals surface area contributed by atoms with Crippen LogP contribution >= 0.6 is 0 Å². The molecule has 0 saturated carbocycles. The second-order valence-electron chi connectivity index (χ2n) is 6.71. The Morgan fingerprint density at radius 2 is 1.43 bits per heavy atom. The van der Waals surface area contributed by atoms with Gasteiger partial charge in [0.05, 0.1) is 14.2 Å². The molecule has 2 aromatic carbocycles. The van der Waals surface area contributed by atoms with Gasteiger partial charge in [0.25, 0.3) is 0 Å². The first-order valence-electron chi connectivity index (χ1n) is 9.09. The second kappa shape index (κ2) is 9.78. The van der Waals surface area contributed by atoms with Gasteiger partial charge >= 0.3 is 11.9 Å². The van der Waals surface area contributed by atoms with Crippen molar-refractivity contribution < 1.29 is 29.3 Å².